The van der Waals surface area contributed by atoms with E-state index in [9.17, 15) is 4.79 Å². The zero-order chi connectivity index (χ0) is 13.2. The highest BCUT2D eigenvalue weighted by molar-refractivity contribution is 7.09. The fourth-order valence-electron chi connectivity index (χ4n) is 2.36. The van der Waals surface area contributed by atoms with Gasteiger partial charge in [0.05, 0.1) is 6.54 Å². The van der Waals surface area contributed by atoms with Gasteiger partial charge in [-0.1, -0.05) is 6.07 Å². The maximum atomic E-state index is 10.9. The van der Waals surface area contributed by atoms with Gasteiger partial charge in [0.25, 0.3) is 0 Å². The van der Waals surface area contributed by atoms with Gasteiger partial charge in [0, 0.05) is 22.2 Å². The number of rotatable bonds is 5. The van der Waals surface area contributed by atoms with Gasteiger partial charge in [-0.15, -0.1) is 11.3 Å². The van der Waals surface area contributed by atoms with Crippen LogP contribution in [-0.4, -0.2) is 12.3 Å². The molecule has 2 nitrogen and oxygen atoms in total. The van der Waals surface area contributed by atoms with E-state index in [4.69, 9.17) is 0 Å². The Hall–Kier alpha value is -1.61. The smallest absolute Gasteiger partial charge is 0.150 e. The van der Waals surface area contributed by atoms with Crippen molar-refractivity contribution in [1.29, 1.82) is 0 Å². The van der Waals surface area contributed by atoms with E-state index in [1.807, 2.05) is 13.0 Å². The Morgan fingerprint density at radius 1 is 1.37 bits per heavy atom. The van der Waals surface area contributed by atoms with Gasteiger partial charge in [0.15, 0.2) is 0 Å². The average Bonchev–Trinajstić information content (AvgIpc) is 3.13. The molecule has 0 amide bonds. The molecule has 0 unspecified atom stereocenters. The Balaban J connectivity index is 1.87. The first-order chi connectivity index (χ1) is 9.28. The number of carbonyl (C=O) groups excluding carboxylic acids is 1. The van der Waals surface area contributed by atoms with Crippen LogP contribution in [0.5, 0.6) is 0 Å². The number of aryl methyl sites for hydroxylation is 1. The van der Waals surface area contributed by atoms with Crippen molar-refractivity contribution in [3.63, 3.8) is 0 Å². The minimum Gasteiger partial charge on any atom is -0.363 e. The van der Waals surface area contributed by atoms with E-state index in [1.165, 1.54) is 23.4 Å². The van der Waals surface area contributed by atoms with Crippen molar-refractivity contribution in [3.8, 4) is 0 Å². The minimum absolute atomic E-state index is 0.670. The summed E-state index contributed by atoms with van der Waals surface area (Å²) in [6, 6.07) is 11.1. The van der Waals surface area contributed by atoms with Gasteiger partial charge >= 0.3 is 0 Å². The number of hydrogen-bond acceptors (Lipinski definition) is 3. The lowest BCUT2D eigenvalue weighted by molar-refractivity contribution is 0.112. The largest absolute Gasteiger partial charge is 0.363 e. The molecule has 0 atom stereocenters. The van der Waals surface area contributed by atoms with E-state index < -0.39 is 0 Å². The molecule has 1 fully saturated rings. The SMILES string of the molecule is Cc1cc(N(Cc2cccs2)C2CC2)ccc1C=O. The maximum absolute atomic E-state index is 10.9. The van der Waals surface area contributed by atoms with Crippen LogP contribution in [0, 0.1) is 6.92 Å². The van der Waals surface area contributed by atoms with Gasteiger partial charge in [-0.2, -0.15) is 0 Å². The van der Waals surface area contributed by atoms with Crippen molar-refractivity contribution < 1.29 is 4.79 Å². The topological polar surface area (TPSA) is 20.3 Å². The van der Waals surface area contributed by atoms with Crippen molar-refractivity contribution in [3.05, 3.63) is 51.7 Å². The summed E-state index contributed by atoms with van der Waals surface area (Å²) in [5.74, 6) is 0. The number of nitrogens with zero attached hydrogens (tertiary/aromatic N) is 1. The number of thiophene rings is 1. The molecule has 19 heavy (non-hydrogen) atoms. The molecular weight excluding hydrogens is 254 g/mol. The summed E-state index contributed by atoms with van der Waals surface area (Å²) in [6.45, 7) is 2.98. The van der Waals surface area contributed by atoms with Gasteiger partial charge in [-0.05, 0) is 55.0 Å². The highest BCUT2D eigenvalue weighted by atomic mass is 32.1. The molecule has 1 aromatic carbocycles. The first-order valence-corrected chi connectivity index (χ1v) is 7.51. The predicted molar refractivity (Wildman–Crippen MR) is 80.1 cm³/mol. The predicted octanol–water partition coefficient (Wildman–Crippen LogP) is 4.04. The third-order valence-corrected chi connectivity index (χ3v) is 4.47. The minimum atomic E-state index is 0.670. The van der Waals surface area contributed by atoms with Gasteiger partial charge in [0.2, 0.25) is 0 Å². The second kappa shape index (κ2) is 5.17. The molecule has 1 aliphatic rings. The molecule has 0 spiro atoms. The fraction of sp³-hybridized carbons (Fsp3) is 0.312. The molecule has 3 heteroatoms. The summed E-state index contributed by atoms with van der Waals surface area (Å²) in [7, 11) is 0. The number of carbonyl (C=O) groups is 1. The molecule has 0 N–H and O–H groups in total. The van der Waals surface area contributed by atoms with Crippen LogP contribution in [0.4, 0.5) is 5.69 Å². The van der Waals surface area contributed by atoms with Gasteiger partial charge in [-0.25, -0.2) is 0 Å². The second-order valence-electron chi connectivity index (χ2n) is 5.10. The zero-order valence-corrected chi connectivity index (χ0v) is 11.8. The van der Waals surface area contributed by atoms with Crippen LogP contribution in [0.1, 0.15) is 33.6 Å². The average molecular weight is 271 g/mol. The number of benzene rings is 1. The molecule has 0 aliphatic heterocycles. The highest BCUT2D eigenvalue weighted by Crippen LogP contribution is 2.34. The number of anilines is 1. The third-order valence-electron chi connectivity index (χ3n) is 3.61. The Morgan fingerprint density at radius 3 is 2.79 bits per heavy atom. The standard InChI is InChI=1S/C16H17NOS/c1-12-9-15(5-4-13(12)11-18)17(14-6-7-14)10-16-3-2-8-19-16/h2-5,8-9,11,14H,6-7,10H2,1H3. The fourth-order valence-corrected chi connectivity index (χ4v) is 3.06. The monoisotopic (exact) mass is 271 g/mol. The molecular formula is C16H17NOS. The first-order valence-electron chi connectivity index (χ1n) is 6.63. The summed E-state index contributed by atoms with van der Waals surface area (Å²) in [4.78, 5) is 14.8. The van der Waals surface area contributed by atoms with Crippen molar-refractivity contribution in [2.75, 3.05) is 4.90 Å². The molecule has 1 aromatic heterocycles. The molecule has 1 aliphatic carbocycles. The Bertz CT molecular complexity index is 572. The Kier molecular flexibility index (Phi) is 3.38. The normalized spacial score (nSPS) is 14.4. The molecule has 98 valence electrons. The van der Waals surface area contributed by atoms with E-state index in [0.29, 0.717) is 6.04 Å². The molecule has 0 saturated heterocycles. The molecule has 0 bridgehead atoms. The lowest BCUT2D eigenvalue weighted by Crippen LogP contribution is -2.24. The van der Waals surface area contributed by atoms with E-state index in [-0.39, 0.29) is 0 Å². The van der Waals surface area contributed by atoms with Gasteiger partial charge in [-0.3, -0.25) is 4.79 Å². The van der Waals surface area contributed by atoms with Crippen LogP contribution in [0.15, 0.2) is 35.7 Å². The molecule has 3 rings (SSSR count). The molecule has 1 heterocycles. The van der Waals surface area contributed by atoms with E-state index in [2.05, 4.69) is 34.5 Å². The van der Waals surface area contributed by atoms with E-state index in [0.717, 1.165) is 24.0 Å². The maximum Gasteiger partial charge on any atom is 0.150 e. The summed E-state index contributed by atoms with van der Waals surface area (Å²) in [6.07, 6.45) is 3.49. The van der Waals surface area contributed by atoms with Crippen molar-refractivity contribution in [2.24, 2.45) is 0 Å². The number of aldehydes is 1. The Labute approximate surface area is 117 Å². The molecule has 0 radical (unpaired) electrons. The van der Waals surface area contributed by atoms with E-state index in [1.54, 1.807) is 11.3 Å². The highest BCUT2D eigenvalue weighted by Gasteiger charge is 2.29. The summed E-state index contributed by atoms with van der Waals surface area (Å²) in [5.41, 5.74) is 3.08. The van der Waals surface area contributed by atoms with Crippen molar-refractivity contribution in [2.45, 2.75) is 32.4 Å². The van der Waals surface area contributed by atoms with Crippen LogP contribution in [-0.2, 0) is 6.54 Å². The summed E-state index contributed by atoms with van der Waals surface area (Å²) < 4.78 is 0. The zero-order valence-electron chi connectivity index (χ0n) is 11.0. The lowest BCUT2D eigenvalue weighted by Gasteiger charge is -2.24. The summed E-state index contributed by atoms with van der Waals surface area (Å²) in [5, 5.41) is 2.13. The van der Waals surface area contributed by atoms with Gasteiger partial charge < -0.3 is 4.90 Å². The molecule has 1 saturated carbocycles. The third kappa shape index (κ3) is 2.71. The van der Waals surface area contributed by atoms with Crippen molar-refractivity contribution in [1.82, 2.24) is 0 Å². The van der Waals surface area contributed by atoms with Crippen LogP contribution in [0.3, 0.4) is 0 Å². The van der Waals surface area contributed by atoms with Crippen molar-refractivity contribution >= 4 is 23.3 Å². The van der Waals surface area contributed by atoms with Crippen LogP contribution < -0.4 is 4.90 Å². The van der Waals surface area contributed by atoms with Gasteiger partial charge in [0.1, 0.15) is 6.29 Å². The first kappa shape index (κ1) is 12.4. The summed E-state index contributed by atoms with van der Waals surface area (Å²) >= 11 is 1.81. The quantitative estimate of drug-likeness (QED) is 0.765. The van der Waals surface area contributed by atoms with Crippen LogP contribution >= 0.6 is 11.3 Å². The Morgan fingerprint density at radius 2 is 2.21 bits per heavy atom. The number of hydrogen-bond donors (Lipinski definition) is 0. The van der Waals surface area contributed by atoms with Crippen LogP contribution in [0.2, 0.25) is 0 Å². The lowest BCUT2D eigenvalue weighted by atomic mass is 10.1. The second-order valence-corrected chi connectivity index (χ2v) is 6.13. The molecule has 2 aromatic rings. The van der Waals surface area contributed by atoms with Crippen LogP contribution in [0.25, 0.3) is 0 Å². The van der Waals surface area contributed by atoms with E-state index >= 15 is 0 Å².